The Morgan fingerprint density at radius 2 is 1.81 bits per heavy atom. The minimum Gasteiger partial charge on any atom is -0.507 e. The van der Waals surface area contributed by atoms with Gasteiger partial charge in [-0.3, -0.25) is 9.59 Å². The van der Waals surface area contributed by atoms with Gasteiger partial charge in [0.05, 0.1) is 25.3 Å². The summed E-state index contributed by atoms with van der Waals surface area (Å²) in [5.74, 6) is 1.63. The molecule has 7 rings (SSSR count). The number of hydrogen-bond donors (Lipinski definition) is 2. The third kappa shape index (κ3) is 5.60. The number of phenolic OH excluding ortho intramolecular Hbond substituents is 1. The smallest absolute Gasteiger partial charge is 0.255 e. The van der Waals surface area contributed by atoms with Gasteiger partial charge in [0.2, 0.25) is 0 Å². The number of rotatable bonds is 2. The Morgan fingerprint density at radius 3 is 2.65 bits per heavy atom. The average Bonchev–Trinajstić information content (AvgIpc) is 3.01. The zero-order chi connectivity index (χ0) is 30.1. The Balaban J connectivity index is 1.47. The molecule has 43 heavy (non-hydrogen) atoms. The number of hydrogen-bond acceptors (Lipinski definition) is 6. The lowest BCUT2D eigenvalue weighted by atomic mass is 9.87. The van der Waals surface area contributed by atoms with Crippen molar-refractivity contribution in [2.75, 3.05) is 26.8 Å². The van der Waals surface area contributed by atoms with Gasteiger partial charge in [-0.2, -0.15) is 0 Å². The van der Waals surface area contributed by atoms with Crippen LogP contribution in [-0.2, 0) is 6.42 Å². The Morgan fingerprint density at radius 1 is 1.00 bits per heavy atom. The highest BCUT2D eigenvalue weighted by atomic mass is 16.5. The minimum absolute atomic E-state index is 0.0232. The minimum atomic E-state index is -0.398. The second-order valence-corrected chi connectivity index (χ2v) is 11.0. The zero-order valence-corrected chi connectivity index (χ0v) is 24.5. The van der Waals surface area contributed by atoms with Crippen LogP contribution < -0.4 is 19.5 Å². The van der Waals surface area contributed by atoms with Crippen molar-refractivity contribution in [2.45, 2.75) is 32.7 Å². The Labute approximate surface area is 250 Å². The van der Waals surface area contributed by atoms with Gasteiger partial charge in [-0.15, -0.1) is 0 Å². The first-order valence-electron chi connectivity index (χ1n) is 14.4. The van der Waals surface area contributed by atoms with Crippen molar-refractivity contribution in [3.63, 3.8) is 0 Å². The fourth-order valence-electron chi connectivity index (χ4n) is 5.79. The number of ether oxygens (including phenoxy) is 3. The van der Waals surface area contributed by atoms with Gasteiger partial charge < -0.3 is 29.5 Å². The van der Waals surface area contributed by atoms with Gasteiger partial charge in [0.15, 0.2) is 11.5 Å². The van der Waals surface area contributed by atoms with Crippen LogP contribution in [0.25, 0.3) is 0 Å². The highest BCUT2D eigenvalue weighted by molar-refractivity contribution is 5.97. The first-order valence-corrected chi connectivity index (χ1v) is 14.4. The number of amides is 2. The highest BCUT2D eigenvalue weighted by Gasteiger charge is 2.34. The van der Waals surface area contributed by atoms with Crippen molar-refractivity contribution in [2.24, 2.45) is 0 Å². The molecule has 0 aliphatic carbocycles. The fourth-order valence-corrected chi connectivity index (χ4v) is 5.79. The zero-order valence-electron chi connectivity index (χ0n) is 24.5. The predicted molar refractivity (Wildman–Crippen MR) is 163 cm³/mol. The summed E-state index contributed by atoms with van der Waals surface area (Å²) in [5, 5.41) is 13.2. The van der Waals surface area contributed by atoms with Crippen LogP contribution in [0.5, 0.6) is 28.7 Å². The molecule has 8 heteroatoms. The van der Waals surface area contributed by atoms with E-state index in [0.717, 1.165) is 27.8 Å². The molecule has 3 heterocycles. The Hall–Kier alpha value is -4.98. The van der Waals surface area contributed by atoms with Crippen molar-refractivity contribution in [3.8, 4) is 28.7 Å². The van der Waals surface area contributed by atoms with Crippen molar-refractivity contribution in [3.05, 3.63) is 112 Å². The molecule has 0 saturated carbocycles. The van der Waals surface area contributed by atoms with Crippen LogP contribution in [-0.4, -0.2) is 48.6 Å². The molecule has 0 spiro atoms. The first kappa shape index (κ1) is 28.2. The van der Waals surface area contributed by atoms with Crippen LogP contribution in [0, 0.1) is 13.8 Å². The van der Waals surface area contributed by atoms with Gasteiger partial charge in [0.25, 0.3) is 11.8 Å². The molecule has 0 saturated heterocycles. The van der Waals surface area contributed by atoms with Crippen molar-refractivity contribution < 1.29 is 28.9 Å². The molecule has 8 bridgehead atoms. The van der Waals surface area contributed by atoms with E-state index in [-0.39, 0.29) is 23.3 Å². The van der Waals surface area contributed by atoms with E-state index >= 15 is 0 Å². The van der Waals surface area contributed by atoms with Crippen LogP contribution in [0.1, 0.15) is 61.0 Å². The molecule has 4 aromatic rings. The van der Waals surface area contributed by atoms with Crippen LogP contribution in [0.3, 0.4) is 0 Å². The topological polar surface area (TPSA) is 97.3 Å². The summed E-state index contributed by atoms with van der Waals surface area (Å²) in [6.07, 6.45) is 1.17. The van der Waals surface area contributed by atoms with E-state index in [2.05, 4.69) is 5.32 Å². The number of aryl methyl sites for hydroxylation is 2. The fraction of sp³-hybridized carbons (Fsp3) is 0.257. The molecule has 1 unspecified atom stereocenters. The van der Waals surface area contributed by atoms with Crippen LogP contribution in [0.15, 0.2) is 72.8 Å². The van der Waals surface area contributed by atoms with Crippen molar-refractivity contribution in [1.29, 1.82) is 0 Å². The summed E-state index contributed by atoms with van der Waals surface area (Å²) in [7, 11) is 1.59. The Bertz CT molecular complexity index is 1720. The standard InChI is InChI=1S/C35H34N2O6/c1-21-5-6-22(2)28(17-21)35(40)37-15-13-23-18-25-8-10-27(23)33(37)24-7-12-31(41-3)32(19-24)42-16-4-14-36-34(39)29-20-26(43-25)9-11-30(29)38/h5-12,17-20,33,38H,4,13-16H2,1-3H3,(H,36,39). The van der Waals surface area contributed by atoms with Crippen LogP contribution in [0.2, 0.25) is 0 Å². The Kier molecular flexibility index (Phi) is 7.67. The monoisotopic (exact) mass is 578 g/mol. The molecule has 0 fully saturated rings. The van der Waals surface area contributed by atoms with Gasteiger partial charge >= 0.3 is 0 Å². The van der Waals surface area contributed by atoms with Gasteiger partial charge in [0, 0.05) is 18.7 Å². The molecule has 4 aromatic carbocycles. The highest BCUT2D eigenvalue weighted by Crippen LogP contribution is 2.41. The number of methoxy groups -OCH3 is 1. The molecule has 2 amide bonds. The molecular weight excluding hydrogens is 544 g/mol. The second-order valence-electron chi connectivity index (χ2n) is 11.0. The number of carbonyl (C=O) groups excluding carboxylic acids is 2. The third-order valence-electron chi connectivity index (χ3n) is 8.04. The van der Waals surface area contributed by atoms with Gasteiger partial charge in [-0.1, -0.05) is 29.8 Å². The first-order chi connectivity index (χ1) is 20.8. The third-order valence-corrected chi connectivity index (χ3v) is 8.04. The summed E-state index contributed by atoms with van der Waals surface area (Å²) in [4.78, 5) is 28.9. The number of phenols is 1. The maximum atomic E-state index is 14.2. The van der Waals surface area contributed by atoms with E-state index in [1.807, 2.05) is 73.3 Å². The molecule has 1 atom stereocenters. The molecular formula is C35H34N2O6. The van der Waals surface area contributed by atoms with E-state index < -0.39 is 5.91 Å². The normalized spacial score (nSPS) is 16.3. The van der Waals surface area contributed by atoms with Crippen molar-refractivity contribution >= 4 is 11.8 Å². The van der Waals surface area contributed by atoms with Crippen LogP contribution in [0.4, 0.5) is 0 Å². The maximum absolute atomic E-state index is 14.2. The molecule has 3 aliphatic heterocycles. The predicted octanol–water partition coefficient (Wildman–Crippen LogP) is 6.11. The number of fused-ring (bicyclic) bond motifs is 6. The number of aromatic hydroxyl groups is 1. The molecule has 220 valence electrons. The number of carbonyl (C=O) groups is 2. The van der Waals surface area contributed by atoms with Gasteiger partial charge in [-0.05, 0) is 97.5 Å². The second kappa shape index (κ2) is 11.7. The summed E-state index contributed by atoms with van der Waals surface area (Å²) < 4.78 is 17.9. The molecule has 0 radical (unpaired) electrons. The SMILES string of the molecule is COc1ccc2cc1OCCCNC(=O)c1cc(ccc1O)Oc1ccc3c(c1)CCN(C(=O)c1cc(C)ccc1C)C23. The van der Waals surface area contributed by atoms with E-state index in [4.69, 9.17) is 14.2 Å². The lowest BCUT2D eigenvalue weighted by Gasteiger charge is -2.38. The van der Waals surface area contributed by atoms with E-state index in [1.165, 1.54) is 12.1 Å². The summed E-state index contributed by atoms with van der Waals surface area (Å²) in [5.41, 5.74) is 5.76. The summed E-state index contributed by atoms with van der Waals surface area (Å²) >= 11 is 0. The van der Waals surface area contributed by atoms with E-state index in [9.17, 15) is 14.7 Å². The summed E-state index contributed by atoms with van der Waals surface area (Å²) in [6, 6.07) is 21.9. The number of nitrogens with zero attached hydrogens (tertiary/aromatic N) is 1. The number of nitrogens with one attached hydrogen (secondary N) is 1. The molecule has 0 aromatic heterocycles. The molecule has 8 nitrogen and oxygen atoms in total. The largest absolute Gasteiger partial charge is 0.507 e. The van der Waals surface area contributed by atoms with E-state index in [0.29, 0.717) is 61.1 Å². The van der Waals surface area contributed by atoms with Gasteiger partial charge in [0.1, 0.15) is 17.2 Å². The molecule has 3 aliphatic rings. The van der Waals surface area contributed by atoms with Crippen LogP contribution >= 0.6 is 0 Å². The quantitative estimate of drug-likeness (QED) is 0.298. The molecule has 2 N–H and O–H groups in total. The lowest BCUT2D eigenvalue weighted by molar-refractivity contribution is 0.0693. The number of benzene rings is 4. The van der Waals surface area contributed by atoms with E-state index in [1.54, 1.807) is 13.2 Å². The average molecular weight is 579 g/mol. The maximum Gasteiger partial charge on any atom is 0.255 e. The summed E-state index contributed by atoms with van der Waals surface area (Å²) in [6.45, 7) is 5.14. The van der Waals surface area contributed by atoms with Gasteiger partial charge in [-0.25, -0.2) is 0 Å². The van der Waals surface area contributed by atoms with Crippen molar-refractivity contribution in [1.82, 2.24) is 10.2 Å². The lowest BCUT2D eigenvalue weighted by Crippen LogP contribution is -2.41.